The van der Waals surface area contributed by atoms with Crippen LogP contribution in [0.25, 0.3) is 11.0 Å². The molecule has 1 aliphatic rings. The van der Waals surface area contributed by atoms with Gasteiger partial charge in [0.1, 0.15) is 5.65 Å². The number of fused-ring (bicyclic) bond motifs is 3. The molecule has 3 heteroatoms. The summed E-state index contributed by atoms with van der Waals surface area (Å²) in [7, 11) is 2.17. The minimum Gasteiger partial charge on any atom is -0.327 e. The molecule has 0 saturated heterocycles. The van der Waals surface area contributed by atoms with Crippen LogP contribution in [-0.4, -0.2) is 28.0 Å². The molecule has 0 N–H and O–H groups in total. The van der Waals surface area contributed by atoms with Crippen LogP contribution in [0.3, 0.4) is 0 Å². The van der Waals surface area contributed by atoms with Crippen LogP contribution in [0.1, 0.15) is 16.8 Å². The lowest BCUT2D eigenvalue weighted by molar-refractivity contribution is 0.272. The topological polar surface area (TPSA) is 21.1 Å². The van der Waals surface area contributed by atoms with E-state index < -0.39 is 0 Å². The average Bonchev–Trinajstić information content (AvgIpc) is 2.62. The van der Waals surface area contributed by atoms with E-state index in [-0.39, 0.29) is 0 Å². The summed E-state index contributed by atoms with van der Waals surface area (Å²) in [6.07, 6.45) is 1.99. The highest BCUT2D eigenvalue weighted by Crippen LogP contribution is 2.25. The first-order valence-corrected chi connectivity index (χ1v) is 5.79. The van der Waals surface area contributed by atoms with Crippen molar-refractivity contribution in [1.82, 2.24) is 14.5 Å². The Labute approximate surface area is 95.7 Å². The van der Waals surface area contributed by atoms with Gasteiger partial charge in [-0.05, 0) is 38.1 Å². The highest BCUT2D eigenvalue weighted by molar-refractivity contribution is 5.82. The predicted octanol–water partition coefficient (Wildman–Crippen LogP) is 2.10. The van der Waals surface area contributed by atoms with Gasteiger partial charge in [0.2, 0.25) is 0 Å². The van der Waals surface area contributed by atoms with Crippen LogP contribution in [0.2, 0.25) is 0 Å². The fourth-order valence-electron chi connectivity index (χ4n) is 2.48. The first kappa shape index (κ1) is 9.85. The second-order valence-corrected chi connectivity index (χ2v) is 4.83. The van der Waals surface area contributed by atoms with Gasteiger partial charge in [0, 0.05) is 36.9 Å². The highest BCUT2D eigenvalue weighted by Gasteiger charge is 2.17. The quantitative estimate of drug-likeness (QED) is 0.671. The van der Waals surface area contributed by atoms with Crippen molar-refractivity contribution in [3.05, 3.63) is 29.1 Å². The summed E-state index contributed by atoms with van der Waals surface area (Å²) in [4.78, 5) is 6.94. The van der Waals surface area contributed by atoms with Crippen LogP contribution >= 0.6 is 0 Å². The van der Waals surface area contributed by atoms with Crippen molar-refractivity contribution in [2.75, 3.05) is 13.6 Å². The van der Waals surface area contributed by atoms with Crippen molar-refractivity contribution < 1.29 is 0 Å². The maximum atomic E-state index is 4.58. The lowest BCUT2D eigenvalue weighted by atomic mass is 10.1. The van der Waals surface area contributed by atoms with Gasteiger partial charge in [-0.1, -0.05) is 0 Å². The van der Waals surface area contributed by atoms with Crippen molar-refractivity contribution in [1.29, 1.82) is 0 Å². The molecule has 0 aromatic carbocycles. The smallest absolute Gasteiger partial charge is 0.140 e. The van der Waals surface area contributed by atoms with Crippen LogP contribution in [0.5, 0.6) is 0 Å². The van der Waals surface area contributed by atoms with E-state index in [4.69, 9.17) is 0 Å². The zero-order chi connectivity index (χ0) is 11.3. The van der Waals surface area contributed by atoms with Gasteiger partial charge in [-0.15, -0.1) is 0 Å². The van der Waals surface area contributed by atoms with E-state index in [1.807, 2.05) is 6.20 Å². The van der Waals surface area contributed by atoms with E-state index in [0.29, 0.717) is 0 Å². The zero-order valence-corrected chi connectivity index (χ0v) is 10.1. The summed E-state index contributed by atoms with van der Waals surface area (Å²) < 4.78 is 2.36. The number of rotatable bonds is 0. The second-order valence-electron chi connectivity index (χ2n) is 4.83. The van der Waals surface area contributed by atoms with Crippen LogP contribution in [0.15, 0.2) is 12.3 Å². The number of nitrogens with zero attached hydrogens (tertiary/aromatic N) is 3. The van der Waals surface area contributed by atoms with Crippen molar-refractivity contribution in [3.63, 3.8) is 0 Å². The fraction of sp³-hybridized carbons (Fsp3) is 0.462. The summed E-state index contributed by atoms with van der Waals surface area (Å²) in [5, 5.41) is 1.32. The van der Waals surface area contributed by atoms with E-state index in [1.165, 1.54) is 22.2 Å². The van der Waals surface area contributed by atoms with Crippen molar-refractivity contribution >= 4 is 11.0 Å². The van der Waals surface area contributed by atoms with Gasteiger partial charge in [0.25, 0.3) is 0 Å². The first-order valence-electron chi connectivity index (χ1n) is 5.79. The average molecular weight is 215 g/mol. The van der Waals surface area contributed by atoms with E-state index in [9.17, 15) is 0 Å². The zero-order valence-electron chi connectivity index (χ0n) is 10.1. The Kier molecular flexibility index (Phi) is 2.04. The number of aryl methyl sites for hydroxylation is 2. The molecule has 0 saturated carbocycles. The number of aromatic nitrogens is 2. The molecule has 3 rings (SSSR count). The van der Waals surface area contributed by atoms with Crippen LogP contribution in [0, 0.1) is 13.8 Å². The predicted molar refractivity (Wildman–Crippen MR) is 65.5 cm³/mol. The molecule has 0 amide bonds. The largest absolute Gasteiger partial charge is 0.327 e. The molecule has 84 valence electrons. The molecule has 3 nitrogen and oxygen atoms in total. The van der Waals surface area contributed by atoms with Gasteiger partial charge in [-0.2, -0.15) is 0 Å². The van der Waals surface area contributed by atoms with Gasteiger partial charge in [0.05, 0.1) is 0 Å². The molecule has 3 heterocycles. The molecule has 1 aliphatic heterocycles. The molecule has 0 bridgehead atoms. The summed E-state index contributed by atoms with van der Waals surface area (Å²) in [5.41, 5.74) is 5.20. The van der Waals surface area contributed by atoms with E-state index >= 15 is 0 Å². The van der Waals surface area contributed by atoms with E-state index in [1.54, 1.807) is 0 Å². The third-order valence-corrected chi connectivity index (χ3v) is 3.67. The molecule has 0 fully saturated rings. The number of pyridine rings is 1. The standard InChI is InChI=1S/C13H17N3/c1-9-7-14-13-12(10(9)2)6-11-8-15(3)4-5-16(11)13/h6-7H,4-5,8H2,1-3H3. The molecular weight excluding hydrogens is 198 g/mol. The Balaban J connectivity index is 2.28. The molecule has 0 spiro atoms. The normalized spacial score (nSPS) is 16.7. The maximum Gasteiger partial charge on any atom is 0.140 e. The number of hydrogen-bond donors (Lipinski definition) is 0. The SMILES string of the molecule is Cc1cnc2c(cc3n2CCN(C)C3)c1C. The minimum atomic E-state index is 1.04. The third-order valence-electron chi connectivity index (χ3n) is 3.67. The fourth-order valence-corrected chi connectivity index (χ4v) is 2.48. The molecule has 0 atom stereocenters. The van der Waals surface area contributed by atoms with Crippen LogP contribution in [0.4, 0.5) is 0 Å². The second kappa shape index (κ2) is 3.32. The minimum absolute atomic E-state index is 1.04. The Bertz CT molecular complexity index is 554. The number of hydrogen-bond acceptors (Lipinski definition) is 2. The molecule has 0 aliphatic carbocycles. The van der Waals surface area contributed by atoms with Crippen molar-refractivity contribution in [2.24, 2.45) is 0 Å². The monoisotopic (exact) mass is 215 g/mol. The van der Waals surface area contributed by atoms with E-state index in [0.717, 1.165) is 25.3 Å². The Morgan fingerprint density at radius 3 is 2.88 bits per heavy atom. The Morgan fingerprint density at radius 2 is 2.06 bits per heavy atom. The van der Waals surface area contributed by atoms with E-state index in [2.05, 4.69) is 41.4 Å². The van der Waals surface area contributed by atoms with Gasteiger partial charge >= 0.3 is 0 Å². The molecule has 2 aromatic heterocycles. The number of likely N-dealkylation sites (N-methyl/N-ethyl adjacent to an activating group) is 1. The Morgan fingerprint density at radius 1 is 1.25 bits per heavy atom. The molecule has 16 heavy (non-hydrogen) atoms. The molecule has 2 aromatic rings. The highest BCUT2D eigenvalue weighted by atomic mass is 15.2. The van der Waals surface area contributed by atoms with Gasteiger partial charge in [-0.3, -0.25) is 4.90 Å². The first-order chi connectivity index (χ1) is 7.66. The maximum absolute atomic E-state index is 4.58. The molecule has 0 unspecified atom stereocenters. The summed E-state index contributed by atoms with van der Waals surface area (Å²) in [6.45, 7) is 7.53. The van der Waals surface area contributed by atoms with Crippen LogP contribution < -0.4 is 0 Å². The van der Waals surface area contributed by atoms with Gasteiger partial charge in [0.15, 0.2) is 0 Å². The van der Waals surface area contributed by atoms with Crippen molar-refractivity contribution in [2.45, 2.75) is 26.9 Å². The Hall–Kier alpha value is -1.35. The van der Waals surface area contributed by atoms with Crippen LogP contribution in [-0.2, 0) is 13.1 Å². The van der Waals surface area contributed by atoms with Gasteiger partial charge in [-0.25, -0.2) is 4.98 Å². The lowest BCUT2D eigenvalue weighted by Gasteiger charge is -2.24. The molecule has 0 radical (unpaired) electrons. The summed E-state index contributed by atoms with van der Waals surface area (Å²) >= 11 is 0. The lowest BCUT2D eigenvalue weighted by Crippen LogP contribution is -2.29. The van der Waals surface area contributed by atoms with Gasteiger partial charge < -0.3 is 4.57 Å². The third kappa shape index (κ3) is 1.28. The summed E-state index contributed by atoms with van der Waals surface area (Å²) in [5.74, 6) is 0. The van der Waals surface area contributed by atoms with Crippen molar-refractivity contribution in [3.8, 4) is 0 Å². The summed E-state index contributed by atoms with van der Waals surface area (Å²) in [6, 6.07) is 2.31. The molecular formula is C13H17N3.